The molecule has 2 rings (SSSR count). The quantitative estimate of drug-likeness (QED) is 0.429. The fourth-order valence-corrected chi connectivity index (χ4v) is 3.53. The lowest BCUT2D eigenvalue weighted by Gasteiger charge is -2.39. The van der Waals surface area contributed by atoms with Crippen LogP contribution in [0.2, 0.25) is 0 Å². The van der Waals surface area contributed by atoms with Crippen LogP contribution in [0.25, 0.3) is 0 Å². The Balaban J connectivity index is 0.000000565. The van der Waals surface area contributed by atoms with E-state index in [1.54, 1.807) is 13.1 Å². The van der Waals surface area contributed by atoms with Crippen molar-refractivity contribution in [2.24, 2.45) is 11.8 Å². The van der Waals surface area contributed by atoms with E-state index in [1.165, 1.54) is 63.4 Å². The Morgan fingerprint density at radius 1 is 1.06 bits per heavy atom. The molecule has 0 spiro atoms. The molecule has 1 saturated heterocycles. The van der Waals surface area contributed by atoms with Crippen LogP contribution in [0.15, 0.2) is 11.6 Å². The molecule has 0 aromatic heterocycles. The lowest BCUT2D eigenvalue weighted by molar-refractivity contribution is -0.133. The number of rotatable bonds is 8. The van der Waals surface area contributed by atoms with Gasteiger partial charge < -0.3 is 20.2 Å². The number of carboxylic acids is 1. The number of piperidine rings is 1. The molecule has 186 valence electrons. The average molecular weight is 454 g/mol. The predicted octanol–water partition coefficient (Wildman–Crippen LogP) is 3.93. The summed E-state index contributed by atoms with van der Waals surface area (Å²) in [5, 5.41) is 11.1. The second kappa shape index (κ2) is 16.7. The summed E-state index contributed by atoms with van der Waals surface area (Å²) in [5.41, 5.74) is 0.191. The highest BCUT2D eigenvalue weighted by atomic mass is 16.4. The van der Waals surface area contributed by atoms with Crippen molar-refractivity contribution < 1.29 is 19.5 Å². The van der Waals surface area contributed by atoms with E-state index in [1.807, 2.05) is 13.8 Å². The highest BCUT2D eigenvalue weighted by Crippen LogP contribution is 2.26. The summed E-state index contributed by atoms with van der Waals surface area (Å²) in [6, 6.07) is 0.683. The zero-order valence-corrected chi connectivity index (χ0v) is 21.4. The minimum Gasteiger partial charge on any atom is -0.478 e. The maximum atomic E-state index is 11.7. The number of hydrogen-bond donors (Lipinski definition) is 2. The standard InChI is InChI=1S/C12H20N2O4.C9H17N.C4H10/c1-8(2)10(5-9(3)12(17)18)14(4)11(16)6-13-7-15;1-2-7-10(8-3-1)9-5-4-6-9;1-4(2)3/h5,7-8,10H,6H2,1-4H3,(H,13,15)(H,17,18);9H,1-8H2;4H,1-3H3/b9-5+;;/t10-;;/m1../s1. The number of carbonyl (C=O) groups excluding carboxylic acids is 2. The molecule has 1 aliphatic carbocycles. The van der Waals surface area contributed by atoms with Gasteiger partial charge in [0.05, 0.1) is 12.6 Å². The summed E-state index contributed by atoms with van der Waals surface area (Å²) in [6.07, 6.45) is 10.8. The normalized spacial score (nSPS) is 17.8. The minimum absolute atomic E-state index is 0.0736. The van der Waals surface area contributed by atoms with Crippen LogP contribution in [-0.4, -0.2) is 72.0 Å². The molecular weight excluding hydrogens is 406 g/mol. The van der Waals surface area contributed by atoms with Gasteiger partial charge in [-0.2, -0.15) is 0 Å². The van der Waals surface area contributed by atoms with E-state index < -0.39 is 5.97 Å². The lowest BCUT2D eigenvalue weighted by atomic mass is 9.90. The van der Waals surface area contributed by atoms with Gasteiger partial charge in [0.25, 0.3) is 0 Å². The molecule has 0 radical (unpaired) electrons. The molecule has 1 atom stereocenters. The molecule has 7 heteroatoms. The summed E-state index contributed by atoms with van der Waals surface area (Å²) in [6.45, 7) is 14.5. The summed E-state index contributed by atoms with van der Waals surface area (Å²) in [4.78, 5) is 36.8. The van der Waals surface area contributed by atoms with Gasteiger partial charge in [-0.3, -0.25) is 9.59 Å². The molecule has 1 heterocycles. The van der Waals surface area contributed by atoms with Crippen LogP contribution in [0.3, 0.4) is 0 Å². The molecule has 2 N–H and O–H groups in total. The third-order valence-corrected chi connectivity index (χ3v) is 5.60. The number of likely N-dealkylation sites (tertiary alicyclic amines) is 1. The molecule has 2 amide bonds. The van der Waals surface area contributed by atoms with Crippen LogP contribution in [0.4, 0.5) is 0 Å². The zero-order chi connectivity index (χ0) is 24.7. The van der Waals surface area contributed by atoms with E-state index in [2.05, 4.69) is 31.0 Å². The Labute approximate surface area is 195 Å². The molecule has 2 fully saturated rings. The first-order chi connectivity index (χ1) is 15.0. The third kappa shape index (κ3) is 12.8. The number of amides is 2. The van der Waals surface area contributed by atoms with Gasteiger partial charge in [0, 0.05) is 18.7 Å². The molecule has 1 saturated carbocycles. The monoisotopic (exact) mass is 453 g/mol. The maximum Gasteiger partial charge on any atom is 0.331 e. The van der Waals surface area contributed by atoms with Gasteiger partial charge in [0.2, 0.25) is 12.3 Å². The first-order valence-electron chi connectivity index (χ1n) is 12.1. The van der Waals surface area contributed by atoms with Crippen LogP contribution in [0.5, 0.6) is 0 Å². The van der Waals surface area contributed by atoms with Crippen molar-refractivity contribution in [3.8, 4) is 0 Å². The van der Waals surface area contributed by atoms with Crippen molar-refractivity contribution in [1.82, 2.24) is 15.1 Å². The van der Waals surface area contributed by atoms with Crippen molar-refractivity contribution in [3.63, 3.8) is 0 Å². The van der Waals surface area contributed by atoms with Crippen molar-refractivity contribution in [3.05, 3.63) is 11.6 Å². The average Bonchev–Trinajstić information content (AvgIpc) is 2.68. The molecule has 7 nitrogen and oxygen atoms in total. The molecule has 0 aromatic rings. The van der Waals surface area contributed by atoms with Gasteiger partial charge in [0.1, 0.15) is 0 Å². The summed E-state index contributed by atoms with van der Waals surface area (Å²) in [7, 11) is 1.59. The summed E-state index contributed by atoms with van der Waals surface area (Å²) < 4.78 is 0. The van der Waals surface area contributed by atoms with Crippen LogP contribution in [0, 0.1) is 11.8 Å². The van der Waals surface area contributed by atoms with Crippen molar-refractivity contribution in [1.29, 1.82) is 0 Å². The summed E-state index contributed by atoms with van der Waals surface area (Å²) in [5.74, 6) is -0.368. The second-order valence-electron chi connectivity index (χ2n) is 9.81. The highest BCUT2D eigenvalue weighted by Gasteiger charge is 2.25. The Morgan fingerprint density at radius 3 is 1.97 bits per heavy atom. The Morgan fingerprint density at radius 2 is 1.59 bits per heavy atom. The molecule has 1 aliphatic heterocycles. The lowest BCUT2D eigenvalue weighted by Crippen LogP contribution is -2.43. The van der Waals surface area contributed by atoms with E-state index in [-0.39, 0.29) is 30.0 Å². The molecule has 2 aliphatic rings. The first kappa shape index (κ1) is 30.1. The topological polar surface area (TPSA) is 90.0 Å². The number of nitrogens with one attached hydrogen (secondary N) is 1. The van der Waals surface area contributed by atoms with Gasteiger partial charge in [-0.1, -0.05) is 53.5 Å². The van der Waals surface area contributed by atoms with Crippen LogP contribution in [-0.2, 0) is 14.4 Å². The highest BCUT2D eigenvalue weighted by molar-refractivity contribution is 5.86. The van der Waals surface area contributed by atoms with E-state index in [0.29, 0.717) is 6.41 Å². The predicted molar refractivity (Wildman–Crippen MR) is 130 cm³/mol. The molecular formula is C25H47N3O4. The van der Waals surface area contributed by atoms with Crippen molar-refractivity contribution >= 4 is 18.3 Å². The third-order valence-electron chi connectivity index (χ3n) is 5.60. The smallest absolute Gasteiger partial charge is 0.331 e. The number of nitrogens with zero attached hydrogens (tertiary/aromatic N) is 2. The number of carbonyl (C=O) groups is 3. The number of carboxylic acid groups (broad SMARTS) is 1. The van der Waals surface area contributed by atoms with Crippen molar-refractivity contribution in [2.45, 2.75) is 92.2 Å². The van der Waals surface area contributed by atoms with Gasteiger partial charge >= 0.3 is 5.97 Å². The van der Waals surface area contributed by atoms with Gasteiger partial charge in [0.15, 0.2) is 0 Å². The number of likely N-dealkylation sites (N-methyl/N-ethyl adjacent to an activating group) is 1. The van der Waals surface area contributed by atoms with E-state index in [9.17, 15) is 14.4 Å². The largest absolute Gasteiger partial charge is 0.478 e. The minimum atomic E-state index is -1.01. The number of hydrogen-bond acceptors (Lipinski definition) is 4. The molecule has 0 aromatic carbocycles. The SMILES string of the molecule is C/C(=C\[C@H](C(C)C)N(C)C(=O)CNC=O)C(=O)O.C1CCN(C2CCC2)CC1.CC(C)C. The zero-order valence-electron chi connectivity index (χ0n) is 21.4. The Bertz CT molecular complexity index is 577. The first-order valence-corrected chi connectivity index (χ1v) is 12.1. The van der Waals surface area contributed by atoms with Gasteiger partial charge in [-0.25, -0.2) is 4.79 Å². The fourth-order valence-electron chi connectivity index (χ4n) is 3.53. The Kier molecular flexibility index (Phi) is 15.7. The van der Waals surface area contributed by atoms with Crippen LogP contribution < -0.4 is 5.32 Å². The van der Waals surface area contributed by atoms with Gasteiger partial charge in [-0.05, 0) is 57.5 Å². The van der Waals surface area contributed by atoms with E-state index in [0.717, 1.165) is 12.0 Å². The van der Waals surface area contributed by atoms with E-state index >= 15 is 0 Å². The summed E-state index contributed by atoms with van der Waals surface area (Å²) >= 11 is 0. The molecule has 32 heavy (non-hydrogen) atoms. The molecule has 0 unspecified atom stereocenters. The second-order valence-corrected chi connectivity index (χ2v) is 9.81. The fraction of sp³-hybridized carbons (Fsp3) is 0.800. The van der Waals surface area contributed by atoms with E-state index in [4.69, 9.17) is 5.11 Å². The van der Waals surface area contributed by atoms with Crippen LogP contribution in [0.1, 0.15) is 80.1 Å². The Hall–Kier alpha value is -1.89. The van der Waals surface area contributed by atoms with Crippen molar-refractivity contribution in [2.75, 3.05) is 26.7 Å². The van der Waals surface area contributed by atoms with Crippen LogP contribution >= 0.6 is 0 Å². The molecule has 0 bridgehead atoms. The maximum absolute atomic E-state index is 11.7. The van der Waals surface area contributed by atoms with Gasteiger partial charge in [-0.15, -0.1) is 0 Å². The number of aliphatic carboxylic acids is 1.